The molecule has 0 spiro atoms. The van der Waals surface area contributed by atoms with Crippen molar-refractivity contribution in [1.82, 2.24) is 9.62 Å². The van der Waals surface area contributed by atoms with Crippen molar-refractivity contribution in [1.29, 1.82) is 0 Å². The molecule has 144 valence electrons. The van der Waals surface area contributed by atoms with Crippen LogP contribution in [0.4, 0.5) is 10.5 Å². The Morgan fingerprint density at radius 1 is 1.15 bits per heavy atom. The van der Waals surface area contributed by atoms with E-state index in [1.807, 2.05) is 0 Å². The number of carbonyl (C=O) groups is 1. The molecule has 0 radical (unpaired) electrons. The smallest absolute Gasteiger partial charge is 0.322 e. The molecule has 0 aliphatic carbocycles. The monoisotopic (exact) mass is 401 g/mol. The van der Waals surface area contributed by atoms with Crippen LogP contribution in [0.25, 0.3) is 0 Å². The summed E-state index contributed by atoms with van der Waals surface area (Å²) >= 11 is 0. The van der Waals surface area contributed by atoms with Gasteiger partial charge in [-0.05, 0) is 43.0 Å². The third-order valence-corrected chi connectivity index (χ3v) is 7.18. The summed E-state index contributed by atoms with van der Waals surface area (Å²) in [7, 11) is -6.56. The molecule has 1 N–H and O–H groups in total. The van der Waals surface area contributed by atoms with E-state index >= 15 is 0 Å². The van der Waals surface area contributed by atoms with Crippen LogP contribution in [0.15, 0.2) is 23.1 Å². The maximum absolute atomic E-state index is 12.6. The third kappa shape index (κ3) is 4.02. The number of sulfone groups is 1. The largest absolute Gasteiger partial charge is 0.334 e. The van der Waals surface area contributed by atoms with Gasteiger partial charge in [0.25, 0.3) is 0 Å². The lowest BCUT2D eigenvalue weighted by atomic mass is 10.1. The summed E-state index contributed by atoms with van der Waals surface area (Å²) < 4.78 is 48.1. The molecule has 1 aromatic rings. The summed E-state index contributed by atoms with van der Waals surface area (Å²) in [6.07, 6.45) is 4.35. The topological polar surface area (TPSA) is 104 Å². The summed E-state index contributed by atoms with van der Waals surface area (Å²) in [6, 6.07) is 4.26. The van der Waals surface area contributed by atoms with Gasteiger partial charge >= 0.3 is 6.03 Å². The van der Waals surface area contributed by atoms with Crippen molar-refractivity contribution >= 4 is 31.6 Å². The molecular weight excluding hydrogens is 378 g/mol. The quantitative estimate of drug-likeness (QED) is 0.798. The van der Waals surface area contributed by atoms with Crippen LogP contribution in [0.5, 0.6) is 0 Å². The Morgan fingerprint density at radius 2 is 1.88 bits per heavy atom. The minimum absolute atomic E-state index is 0.231. The van der Waals surface area contributed by atoms with Crippen LogP contribution in [0.3, 0.4) is 0 Å². The van der Waals surface area contributed by atoms with Gasteiger partial charge in [0.1, 0.15) is 0 Å². The molecule has 1 atom stereocenters. The molecule has 0 saturated carbocycles. The summed E-state index contributed by atoms with van der Waals surface area (Å²) in [5.41, 5.74) is 1.52. The zero-order chi connectivity index (χ0) is 19.1. The number of rotatable bonds is 3. The van der Waals surface area contributed by atoms with E-state index in [1.165, 1.54) is 16.6 Å². The number of anilines is 1. The highest BCUT2D eigenvalue weighted by Crippen LogP contribution is 2.30. The van der Waals surface area contributed by atoms with Crippen molar-refractivity contribution < 1.29 is 21.6 Å². The van der Waals surface area contributed by atoms with Gasteiger partial charge in [0.05, 0.1) is 11.2 Å². The normalized spacial score (nSPS) is 21.5. The van der Waals surface area contributed by atoms with Gasteiger partial charge in [0.15, 0.2) is 9.84 Å². The number of benzene rings is 1. The molecule has 2 aliphatic heterocycles. The number of hydrogen-bond donors (Lipinski definition) is 1. The summed E-state index contributed by atoms with van der Waals surface area (Å²) in [5.74, 6) is 0. The number of carbonyl (C=O) groups excluding carboxylic acids is 1. The predicted molar refractivity (Wildman–Crippen MR) is 98.6 cm³/mol. The molecule has 3 rings (SSSR count). The Bertz CT molecular complexity index is 927. The van der Waals surface area contributed by atoms with Gasteiger partial charge in [-0.3, -0.25) is 4.90 Å². The van der Waals surface area contributed by atoms with Gasteiger partial charge in [0.2, 0.25) is 10.0 Å². The molecule has 1 saturated heterocycles. The molecule has 1 unspecified atom stereocenters. The van der Waals surface area contributed by atoms with E-state index in [4.69, 9.17) is 0 Å². The Kier molecular flexibility index (Phi) is 5.02. The van der Waals surface area contributed by atoms with E-state index in [1.54, 1.807) is 17.0 Å². The second-order valence-electron chi connectivity index (χ2n) is 6.87. The minimum Gasteiger partial charge on any atom is -0.334 e. The van der Waals surface area contributed by atoms with Gasteiger partial charge in [0, 0.05) is 37.6 Å². The first-order valence-corrected chi connectivity index (χ1v) is 12.2. The fourth-order valence-electron chi connectivity index (χ4n) is 3.43. The average molecular weight is 402 g/mol. The van der Waals surface area contributed by atoms with E-state index in [0.29, 0.717) is 31.6 Å². The molecular formula is C16H23N3O5S2. The number of piperidine rings is 1. The molecule has 2 heterocycles. The number of fused-ring (bicyclic) bond motifs is 1. The predicted octanol–water partition coefficient (Wildman–Crippen LogP) is 0.586. The highest BCUT2D eigenvalue weighted by Gasteiger charge is 2.30. The first kappa shape index (κ1) is 19.1. The maximum Gasteiger partial charge on any atom is 0.322 e. The Morgan fingerprint density at radius 3 is 2.54 bits per heavy atom. The maximum atomic E-state index is 12.6. The highest BCUT2D eigenvalue weighted by molar-refractivity contribution is 7.90. The van der Waals surface area contributed by atoms with E-state index < -0.39 is 19.9 Å². The summed E-state index contributed by atoms with van der Waals surface area (Å²) in [5, 5.41) is 2.91. The van der Waals surface area contributed by atoms with E-state index in [-0.39, 0.29) is 23.5 Å². The number of hydrogen-bond acceptors (Lipinski definition) is 5. The fourth-order valence-corrected chi connectivity index (χ4v) is 5.02. The first-order valence-electron chi connectivity index (χ1n) is 8.42. The van der Waals surface area contributed by atoms with Crippen LogP contribution in [0, 0.1) is 0 Å². The summed E-state index contributed by atoms with van der Waals surface area (Å²) in [6.45, 7) is 1.22. The van der Waals surface area contributed by atoms with Gasteiger partial charge in [-0.1, -0.05) is 0 Å². The molecule has 0 aromatic heterocycles. The SMILES string of the molecule is CS(=O)(=O)c1ccc2c(c1)CCN2C(=O)NC1CCCN(S(C)(=O)=O)C1. The molecule has 8 nitrogen and oxygen atoms in total. The van der Waals surface area contributed by atoms with Crippen LogP contribution in [0.2, 0.25) is 0 Å². The lowest BCUT2D eigenvalue weighted by Gasteiger charge is -2.32. The van der Waals surface area contributed by atoms with Gasteiger partial charge in [-0.15, -0.1) is 0 Å². The van der Waals surface area contributed by atoms with Crippen LogP contribution >= 0.6 is 0 Å². The van der Waals surface area contributed by atoms with Gasteiger partial charge < -0.3 is 5.32 Å². The highest BCUT2D eigenvalue weighted by atomic mass is 32.2. The third-order valence-electron chi connectivity index (χ3n) is 4.80. The zero-order valence-electron chi connectivity index (χ0n) is 14.8. The van der Waals surface area contributed by atoms with E-state index in [2.05, 4.69) is 5.32 Å². The molecule has 1 fully saturated rings. The van der Waals surface area contributed by atoms with Crippen molar-refractivity contribution in [3.63, 3.8) is 0 Å². The molecule has 26 heavy (non-hydrogen) atoms. The molecule has 10 heteroatoms. The van der Waals surface area contributed by atoms with Gasteiger partial charge in [-0.25, -0.2) is 25.9 Å². The van der Waals surface area contributed by atoms with E-state index in [0.717, 1.165) is 18.2 Å². The van der Waals surface area contributed by atoms with Crippen molar-refractivity contribution in [3.8, 4) is 0 Å². The fraction of sp³-hybridized carbons (Fsp3) is 0.562. The van der Waals surface area contributed by atoms with Crippen molar-refractivity contribution in [2.45, 2.75) is 30.2 Å². The van der Waals surface area contributed by atoms with Crippen LogP contribution in [-0.4, -0.2) is 65.4 Å². The van der Waals surface area contributed by atoms with Gasteiger partial charge in [-0.2, -0.15) is 0 Å². The number of amides is 2. The second-order valence-corrected chi connectivity index (χ2v) is 10.9. The standard InChI is InChI=1S/C16H23N3O5S2/c1-25(21,22)14-5-6-15-12(10-14)7-9-19(15)16(20)17-13-4-3-8-18(11-13)26(2,23)24/h5-6,10,13H,3-4,7-9,11H2,1-2H3,(H,17,20). The van der Waals surface area contributed by atoms with Crippen LogP contribution in [-0.2, 0) is 26.3 Å². The average Bonchev–Trinajstić information content (AvgIpc) is 2.96. The van der Waals surface area contributed by atoms with Crippen molar-refractivity contribution in [2.24, 2.45) is 0 Å². The number of nitrogens with one attached hydrogen (secondary N) is 1. The Balaban J connectivity index is 1.71. The zero-order valence-corrected chi connectivity index (χ0v) is 16.4. The molecule has 1 aromatic carbocycles. The first-order chi connectivity index (χ1) is 12.1. The lowest BCUT2D eigenvalue weighted by Crippen LogP contribution is -2.52. The van der Waals surface area contributed by atoms with E-state index in [9.17, 15) is 21.6 Å². The summed E-state index contributed by atoms with van der Waals surface area (Å²) in [4.78, 5) is 14.5. The molecule has 2 amide bonds. The van der Waals surface area contributed by atoms with Crippen LogP contribution < -0.4 is 10.2 Å². The van der Waals surface area contributed by atoms with Crippen molar-refractivity contribution in [2.75, 3.05) is 37.0 Å². The lowest BCUT2D eigenvalue weighted by molar-refractivity contribution is 0.231. The molecule has 2 aliphatic rings. The number of sulfonamides is 1. The second kappa shape index (κ2) is 6.82. The Hall–Kier alpha value is -1.65. The number of nitrogens with zero attached hydrogens (tertiary/aromatic N) is 2. The van der Waals surface area contributed by atoms with Crippen LogP contribution in [0.1, 0.15) is 18.4 Å². The minimum atomic E-state index is -3.29. The van der Waals surface area contributed by atoms with Crippen molar-refractivity contribution in [3.05, 3.63) is 23.8 Å². The number of urea groups is 1. The molecule has 0 bridgehead atoms. The Labute approximate surface area is 154 Å².